The summed E-state index contributed by atoms with van der Waals surface area (Å²) in [6.07, 6.45) is 1.74. The van der Waals surface area contributed by atoms with Crippen molar-refractivity contribution >= 4 is 31.9 Å². The highest BCUT2D eigenvalue weighted by Crippen LogP contribution is 2.37. The van der Waals surface area contributed by atoms with Crippen LogP contribution in [0.1, 0.15) is 18.2 Å². The number of ether oxygens (including phenoxy) is 2. The molecule has 0 aliphatic carbocycles. The molecule has 0 aliphatic heterocycles. The predicted octanol–water partition coefficient (Wildman–Crippen LogP) is 4.04. The summed E-state index contributed by atoms with van der Waals surface area (Å²) < 4.78 is 13.2. The Morgan fingerprint density at radius 1 is 1.19 bits per heavy atom. The van der Waals surface area contributed by atoms with Crippen LogP contribution < -0.4 is 15.2 Å². The second-order valence-corrected chi connectivity index (χ2v) is 6.07. The largest absolute Gasteiger partial charge is 0.490 e. The number of hydrogen-bond donors (Lipinski definition) is 1. The molecule has 21 heavy (non-hydrogen) atoms. The third-order valence-electron chi connectivity index (χ3n) is 2.76. The molecule has 2 N–H and O–H groups in total. The molecule has 1 aromatic carbocycles. The molecule has 4 nitrogen and oxygen atoms in total. The predicted molar refractivity (Wildman–Crippen MR) is 89.5 cm³/mol. The monoisotopic (exact) mass is 414 g/mol. The molecule has 0 saturated carbocycles. The van der Waals surface area contributed by atoms with E-state index in [1.54, 1.807) is 6.20 Å². The first-order chi connectivity index (χ1) is 10.1. The van der Waals surface area contributed by atoms with Gasteiger partial charge >= 0.3 is 0 Å². The molecular formula is C15H16Br2N2O2. The van der Waals surface area contributed by atoms with Crippen LogP contribution in [0.15, 0.2) is 39.4 Å². The first-order valence-corrected chi connectivity index (χ1v) is 8.11. The van der Waals surface area contributed by atoms with Crippen LogP contribution in [0.5, 0.6) is 11.5 Å². The van der Waals surface area contributed by atoms with E-state index in [1.807, 2.05) is 31.2 Å². The highest BCUT2D eigenvalue weighted by molar-refractivity contribution is 9.10. The van der Waals surface area contributed by atoms with Crippen molar-refractivity contribution < 1.29 is 9.47 Å². The van der Waals surface area contributed by atoms with E-state index in [0.29, 0.717) is 31.3 Å². The van der Waals surface area contributed by atoms with Crippen molar-refractivity contribution in [1.29, 1.82) is 0 Å². The molecule has 0 spiro atoms. The zero-order valence-corrected chi connectivity index (χ0v) is 14.8. The fourth-order valence-corrected chi connectivity index (χ4v) is 2.62. The topological polar surface area (TPSA) is 57.4 Å². The molecule has 1 heterocycles. The summed E-state index contributed by atoms with van der Waals surface area (Å²) in [7, 11) is 0. The normalized spacial score (nSPS) is 10.5. The van der Waals surface area contributed by atoms with Crippen molar-refractivity contribution in [3.8, 4) is 11.5 Å². The van der Waals surface area contributed by atoms with E-state index >= 15 is 0 Å². The van der Waals surface area contributed by atoms with Gasteiger partial charge in [0, 0.05) is 17.2 Å². The Morgan fingerprint density at radius 2 is 2.00 bits per heavy atom. The Hall–Kier alpha value is -1.11. The molecule has 0 saturated heterocycles. The van der Waals surface area contributed by atoms with Crippen molar-refractivity contribution in [1.82, 2.24) is 4.98 Å². The van der Waals surface area contributed by atoms with Crippen LogP contribution in [0.2, 0.25) is 0 Å². The minimum absolute atomic E-state index is 0.369. The van der Waals surface area contributed by atoms with Gasteiger partial charge < -0.3 is 15.2 Å². The molecule has 0 amide bonds. The highest BCUT2D eigenvalue weighted by atomic mass is 79.9. The molecule has 0 unspecified atom stereocenters. The van der Waals surface area contributed by atoms with Crippen molar-refractivity contribution in [3.05, 3.63) is 50.7 Å². The Balaban J connectivity index is 2.19. The fraction of sp³-hybridized carbons (Fsp3) is 0.267. The second kappa shape index (κ2) is 7.77. The van der Waals surface area contributed by atoms with E-state index in [1.165, 1.54) is 0 Å². The Kier molecular flexibility index (Phi) is 6.02. The fourth-order valence-electron chi connectivity index (χ4n) is 1.78. The smallest absolute Gasteiger partial charge is 0.175 e. The molecular weight excluding hydrogens is 400 g/mol. The Morgan fingerprint density at radius 3 is 2.62 bits per heavy atom. The zero-order valence-electron chi connectivity index (χ0n) is 11.6. The van der Waals surface area contributed by atoms with Gasteiger partial charge in [0.15, 0.2) is 11.5 Å². The van der Waals surface area contributed by atoms with E-state index in [2.05, 4.69) is 36.8 Å². The molecule has 6 heteroatoms. The lowest BCUT2D eigenvalue weighted by molar-refractivity contribution is 0.264. The number of aromatic nitrogens is 1. The van der Waals surface area contributed by atoms with E-state index in [-0.39, 0.29) is 0 Å². The average Bonchev–Trinajstić information content (AvgIpc) is 2.48. The molecule has 0 radical (unpaired) electrons. The summed E-state index contributed by atoms with van der Waals surface area (Å²) in [4.78, 5) is 4.28. The lowest BCUT2D eigenvalue weighted by Gasteiger charge is -2.15. The number of nitrogens with zero attached hydrogens (tertiary/aromatic N) is 1. The van der Waals surface area contributed by atoms with E-state index in [4.69, 9.17) is 15.2 Å². The van der Waals surface area contributed by atoms with Crippen LogP contribution in [-0.2, 0) is 13.2 Å². The van der Waals surface area contributed by atoms with Gasteiger partial charge in [0.25, 0.3) is 0 Å². The summed E-state index contributed by atoms with van der Waals surface area (Å²) in [6, 6.07) is 7.68. The molecule has 1 aromatic heterocycles. The quantitative estimate of drug-likeness (QED) is 0.773. The van der Waals surface area contributed by atoms with Gasteiger partial charge in [-0.15, -0.1) is 0 Å². The number of pyridine rings is 1. The Labute approximate surface area is 140 Å². The number of nitrogens with two attached hydrogens (primary N) is 1. The van der Waals surface area contributed by atoms with Crippen LogP contribution >= 0.6 is 31.9 Å². The lowest BCUT2D eigenvalue weighted by Crippen LogP contribution is -2.04. The van der Waals surface area contributed by atoms with Gasteiger partial charge in [-0.2, -0.15) is 0 Å². The average molecular weight is 416 g/mol. The van der Waals surface area contributed by atoms with Crippen molar-refractivity contribution in [2.24, 2.45) is 5.73 Å². The SMILES string of the molecule is CCOc1cc(CN)cc(Br)c1OCc1ccc(Br)cn1. The zero-order chi connectivity index (χ0) is 15.2. The van der Waals surface area contributed by atoms with Gasteiger partial charge in [0.2, 0.25) is 0 Å². The van der Waals surface area contributed by atoms with Gasteiger partial charge in [-0.05, 0) is 68.6 Å². The molecule has 0 aliphatic rings. The minimum atomic E-state index is 0.369. The van der Waals surface area contributed by atoms with E-state index in [0.717, 1.165) is 20.2 Å². The number of hydrogen-bond acceptors (Lipinski definition) is 4. The van der Waals surface area contributed by atoms with Crippen LogP contribution in [0, 0.1) is 0 Å². The number of rotatable bonds is 6. The standard InChI is InChI=1S/C15H16Br2N2O2/c1-2-20-14-6-10(7-18)5-13(17)15(14)21-9-12-4-3-11(16)8-19-12/h3-6,8H,2,7,9,18H2,1H3. The second-order valence-electron chi connectivity index (χ2n) is 4.30. The van der Waals surface area contributed by atoms with Gasteiger partial charge in [-0.1, -0.05) is 0 Å². The third-order valence-corrected chi connectivity index (χ3v) is 3.82. The van der Waals surface area contributed by atoms with E-state index < -0.39 is 0 Å². The molecule has 0 bridgehead atoms. The van der Waals surface area contributed by atoms with Crippen molar-refractivity contribution in [2.75, 3.05) is 6.61 Å². The molecule has 0 atom stereocenters. The van der Waals surface area contributed by atoms with Crippen molar-refractivity contribution in [2.45, 2.75) is 20.1 Å². The maximum Gasteiger partial charge on any atom is 0.175 e. The molecule has 0 fully saturated rings. The van der Waals surface area contributed by atoms with Crippen molar-refractivity contribution in [3.63, 3.8) is 0 Å². The molecule has 2 aromatic rings. The lowest BCUT2D eigenvalue weighted by atomic mass is 10.2. The maximum atomic E-state index is 5.86. The van der Waals surface area contributed by atoms with Gasteiger partial charge in [-0.3, -0.25) is 4.98 Å². The van der Waals surface area contributed by atoms with Crippen LogP contribution in [0.4, 0.5) is 0 Å². The summed E-state index contributed by atoms with van der Waals surface area (Å²) >= 11 is 6.86. The summed E-state index contributed by atoms with van der Waals surface area (Å²) in [5, 5.41) is 0. The minimum Gasteiger partial charge on any atom is -0.490 e. The summed E-state index contributed by atoms with van der Waals surface area (Å²) in [5.74, 6) is 1.35. The van der Waals surface area contributed by atoms with Gasteiger partial charge in [-0.25, -0.2) is 0 Å². The third kappa shape index (κ3) is 4.43. The molecule has 112 valence electrons. The Bertz CT molecular complexity index is 603. The summed E-state index contributed by atoms with van der Waals surface area (Å²) in [6.45, 7) is 3.32. The van der Waals surface area contributed by atoms with Crippen LogP contribution in [-0.4, -0.2) is 11.6 Å². The molecule has 2 rings (SSSR count). The summed E-state index contributed by atoms with van der Waals surface area (Å²) in [5.41, 5.74) is 7.51. The number of benzene rings is 1. The highest BCUT2D eigenvalue weighted by Gasteiger charge is 2.12. The van der Waals surface area contributed by atoms with Crippen LogP contribution in [0.3, 0.4) is 0 Å². The number of halogens is 2. The maximum absolute atomic E-state index is 5.86. The first-order valence-electron chi connectivity index (χ1n) is 6.52. The van der Waals surface area contributed by atoms with Crippen LogP contribution in [0.25, 0.3) is 0 Å². The van der Waals surface area contributed by atoms with E-state index in [9.17, 15) is 0 Å². The van der Waals surface area contributed by atoms with Gasteiger partial charge in [0.1, 0.15) is 6.61 Å². The first kappa shape index (κ1) is 16.3. The van der Waals surface area contributed by atoms with Gasteiger partial charge in [0.05, 0.1) is 16.8 Å².